The summed E-state index contributed by atoms with van der Waals surface area (Å²) >= 11 is 0. The van der Waals surface area contributed by atoms with Gasteiger partial charge in [0.2, 0.25) is 15.9 Å². The van der Waals surface area contributed by atoms with Crippen molar-refractivity contribution in [2.24, 2.45) is 5.14 Å². The average molecular weight is 456 g/mol. The standard InChI is InChI=1S/C23H22FN3O4S/c1-3-4-11-31-23-17(14-25)12-19(15-5-8-18(9-6-15)32(26,28)29)22(27-23)16-7-10-21(30-2)20(24)13-16/h5-10,12-13H,3-4,11H2,1-2H3,(H2,26,28,29). The minimum atomic E-state index is -3.86. The third-order valence-corrected chi connectivity index (χ3v) is 5.69. The Kier molecular flexibility index (Phi) is 7.08. The Balaban J connectivity index is 2.20. The second-order valence-electron chi connectivity index (χ2n) is 6.97. The van der Waals surface area contributed by atoms with E-state index in [0.717, 1.165) is 12.8 Å². The summed E-state index contributed by atoms with van der Waals surface area (Å²) < 4.78 is 48.3. The molecule has 7 nitrogen and oxygen atoms in total. The van der Waals surface area contributed by atoms with Crippen LogP contribution in [0.25, 0.3) is 22.4 Å². The molecule has 0 spiro atoms. The molecular formula is C23H22FN3O4S. The smallest absolute Gasteiger partial charge is 0.238 e. The van der Waals surface area contributed by atoms with Gasteiger partial charge < -0.3 is 9.47 Å². The van der Waals surface area contributed by atoms with Crippen molar-refractivity contribution in [1.29, 1.82) is 5.26 Å². The third kappa shape index (κ3) is 5.04. The zero-order valence-electron chi connectivity index (χ0n) is 17.6. The second-order valence-corrected chi connectivity index (χ2v) is 8.53. The Labute approximate surface area is 186 Å². The molecule has 0 bridgehead atoms. The van der Waals surface area contributed by atoms with Crippen molar-refractivity contribution in [3.63, 3.8) is 0 Å². The fourth-order valence-corrected chi connectivity index (χ4v) is 3.59. The molecular weight excluding hydrogens is 433 g/mol. The number of halogens is 1. The van der Waals surface area contributed by atoms with Crippen LogP contribution in [0.2, 0.25) is 0 Å². The number of nitrogens with zero attached hydrogens (tertiary/aromatic N) is 2. The van der Waals surface area contributed by atoms with E-state index in [0.29, 0.717) is 29.0 Å². The van der Waals surface area contributed by atoms with Gasteiger partial charge in [-0.05, 0) is 48.4 Å². The first-order chi connectivity index (χ1) is 15.3. The largest absolute Gasteiger partial charge is 0.494 e. The highest BCUT2D eigenvalue weighted by Gasteiger charge is 2.18. The normalized spacial score (nSPS) is 11.1. The fourth-order valence-electron chi connectivity index (χ4n) is 3.08. The summed E-state index contributed by atoms with van der Waals surface area (Å²) in [6, 6.07) is 13.9. The Hall–Kier alpha value is -3.48. The number of pyridine rings is 1. The average Bonchev–Trinajstić information content (AvgIpc) is 2.78. The number of unbranched alkanes of at least 4 members (excludes halogenated alkanes) is 1. The summed E-state index contributed by atoms with van der Waals surface area (Å²) in [5, 5.41) is 14.8. The van der Waals surface area contributed by atoms with E-state index >= 15 is 0 Å². The Morgan fingerprint density at radius 2 is 1.81 bits per heavy atom. The maximum atomic E-state index is 14.4. The van der Waals surface area contributed by atoms with Gasteiger partial charge in [-0.2, -0.15) is 5.26 Å². The van der Waals surface area contributed by atoms with Crippen molar-refractivity contribution in [2.45, 2.75) is 24.7 Å². The number of benzene rings is 2. The highest BCUT2D eigenvalue weighted by atomic mass is 32.2. The van der Waals surface area contributed by atoms with E-state index < -0.39 is 15.8 Å². The first-order valence-electron chi connectivity index (χ1n) is 9.83. The number of primary sulfonamides is 1. The van der Waals surface area contributed by atoms with Crippen molar-refractivity contribution in [3.05, 3.63) is 59.9 Å². The van der Waals surface area contributed by atoms with Crippen LogP contribution in [0.3, 0.4) is 0 Å². The van der Waals surface area contributed by atoms with Crippen molar-refractivity contribution < 1.29 is 22.3 Å². The SMILES string of the molecule is CCCCOc1nc(-c2ccc(OC)c(F)c2)c(-c2ccc(S(N)(=O)=O)cc2)cc1C#N. The minimum Gasteiger partial charge on any atom is -0.494 e. The summed E-state index contributed by atoms with van der Waals surface area (Å²) in [6.45, 7) is 2.40. The molecule has 0 aliphatic heterocycles. The molecule has 2 N–H and O–H groups in total. The van der Waals surface area contributed by atoms with Gasteiger partial charge in [-0.1, -0.05) is 25.5 Å². The van der Waals surface area contributed by atoms with Gasteiger partial charge in [0.1, 0.15) is 11.6 Å². The number of nitriles is 1. The molecule has 0 saturated heterocycles. The predicted molar refractivity (Wildman–Crippen MR) is 118 cm³/mol. The molecule has 0 aliphatic rings. The van der Waals surface area contributed by atoms with Crippen LogP contribution in [0.4, 0.5) is 4.39 Å². The summed E-state index contributed by atoms with van der Waals surface area (Å²) in [7, 11) is -2.49. The number of hydrogen-bond donors (Lipinski definition) is 1. The summed E-state index contributed by atoms with van der Waals surface area (Å²) in [6.07, 6.45) is 1.70. The van der Waals surface area contributed by atoms with Gasteiger partial charge in [0.25, 0.3) is 0 Å². The van der Waals surface area contributed by atoms with Crippen molar-refractivity contribution in [2.75, 3.05) is 13.7 Å². The van der Waals surface area contributed by atoms with Crippen LogP contribution in [0.5, 0.6) is 11.6 Å². The zero-order chi connectivity index (χ0) is 23.3. The molecule has 0 fully saturated rings. The molecule has 3 aromatic rings. The first kappa shape index (κ1) is 23.2. The molecule has 0 amide bonds. The summed E-state index contributed by atoms with van der Waals surface area (Å²) in [5.74, 6) is -0.335. The Morgan fingerprint density at radius 3 is 2.38 bits per heavy atom. The van der Waals surface area contributed by atoms with Gasteiger partial charge in [0.05, 0.1) is 24.3 Å². The summed E-state index contributed by atoms with van der Waals surface area (Å²) in [5.41, 5.74) is 2.12. The van der Waals surface area contributed by atoms with Gasteiger partial charge in [0.15, 0.2) is 11.6 Å². The maximum Gasteiger partial charge on any atom is 0.238 e. The molecule has 2 aromatic carbocycles. The van der Waals surface area contributed by atoms with Crippen LogP contribution in [-0.4, -0.2) is 27.1 Å². The lowest BCUT2D eigenvalue weighted by molar-refractivity contribution is 0.297. The van der Waals surface area contributed by atoms with Crippen molar-refractivity contribution in [3.8, 4) is 40.1 Å². The van der Waals surface area contributed by atoms with E-state index in [-0.39, 0.29) is 22.1 Å². The predicted octanol–water partition coefficient (Wildman–Crippen LogP) is 4.26. The van der Waals surface area contributed by atoms with Gasteiger partial charge in [0, 0.05) is 11.1 Å². The molecule has 166 valence electrons. The van der Waals surface area contributed by atoms with E-state index in [1.54, 1.807) is 24.3 Å². The number of hydrogen-bond acceptors (Lipinski definition) is 6. The second kappa shape index (κ2) is 9.77. The molecule has 1 heterocycles. The quantitative estimate of drug-likeness (QED) is 0.508. The lowest BCUT2D eigenvalue weighted by Crippen LogP contribution is -2.11. The van der Waals surface area contributed by atoms with Gasteiger partial charge >= 0.3 is 0 Å². The molecule has 0 radical (unpaired) electrons. The van der Waals surface area contributed by atoms with Crippen LogP contribution in [0, 0.1) is 17.1 Å². The Bertz CT molecular complexity index is 1270. The first-order valence-corrected chi connectivity index (χ1v) is 11.4. The zero-order valence-corrected chi connectivity index (χ0v) is 18.4. The number of ether oxygens (including phenoxy) is 2. The van der Waals surface area contributed by atoms with E-state index in [1.165, 1.54) is 31.4 Å². The molecule has 0 atom stereocenters. The lowest BCUT2D eigenvalue weighted by Gasteiger charge is -2.15. The number of nitrogens with two attached hydrogens (primary N) is 1. The number of rotatable bonds is 8. The number of aromatic nitrogens is 1. The monoisotopic (exact) mass is 455 g/mol. The maximum absolute atomic E-state index is 14.4. The highest BCUT2D eigenvalue weighted by Crippen LogP contribution is 2.36. The number of sulfonamides is 1. The van der Waals surface area contributed by atoms with Crippen LogP contribution in [-0.2, 0) is 10.0 Å². The van der Waals surface area contributed by atoms with Gasteiger partial charge in [-0.25, -0.2) is 22.9 Å². The van der Waals surface area contributed by atoms with E-state index in [9.17, 15) is 18.1 Å². The number of methoxy groups -OCH3 is 1. The van der Waals surface area contributed by atoms with E-state index in [1.807, 2.05) is 6.92 Å². The molecule has 0 unspecified atom stereocenters. The molecule has 3 rings (SSSR count). The minimum absolute atomic E-state index is 0.0497. The lowest BCUT2D eigenvalue weighted by atomic mass is 9.97. The fraction of sp³-hybridized carbons (Fsp3) is 0.217. The molecule has 0 aliphatic carbocycles. The summed E-state index contributed by atoms with van der Waals surface area (Å²) in [4.78, 5) is 4.48. The van der Waals surface area contributed by atoms with Crippen LogP contribution < -0.4 is 14.6 Å². The van der Waals surface area contributed by atoms with Crippen molar-refractivity contribution >= 4 is 10.0 Å². The molecule has 1 aromatic heterocycles. The topological polar surface area (TPSA) is 115 Å². The molecule has 32 heavy (non-hydrogen) atoms. The Morgan fingerprint density at radius 1 is 1.12 bits per heavy atom. The van der Waals surface area contributed by atoms with Gasteiger partial charge in [-0.15, -0.1) is 0 Å². The van der Waals surface area contributed by atoms with Crippen LogP contribution >= 0.6 is 0 Å². The van der Waals surface area contributed by atoms with Gasteiger partial charge in [-0.3, -0.25) is 0 Å². The van der Waals surface area contributed by atoms with Crippen LogP contribution in [0.15, 0.2) is 53.4 Å². The highest BCUT2D eigenvalue weighted by molar-refractivity contribution is 7.89. The molecule has 9 heteroatoms. The van der Waals surface area contributed by atoms with E-state index in [4.69, 9.17) is 14.6 Å². The third-order valence-electron chi connectivity index (χ3n) is 4.76. The van der Waals surface area contributed by atoms with Crippen LogP contribution in [0.1, 0.15) is 25.3 Å². The van der Waals surface area contributed by atoms with Crippen molar-refractivity contribution in [1.82, 2.24) is 4.98 Å². The molecule has 0 saturated carbocycles. The van der Waals surface area contributed by atoms with E-state index in [2.05, 4.69) is 11.1 Å².